The number of H-pyrrole nitrogens is 1. The number of anilines is 1. The van der Waals surface area contributed by atoms with E-state index in [-0.39, 0.29) is 17.8 Å². The van der Waals surface area contributed by atoms with Crippen LogP contribution in [0.4, 0.5) is 6.01 Å². The molecule has 0 bridgehead atoms. The highest BCUT2D eigenvalue weighted by Gasteiger charge is 2.16. The summed E-state index contributed by atoms with van der Waals surface area (Å²) in [5, 5.41) is 13.9. The molecule has 0 fully saturated rings. The molecule has 2 N–H and O–H groups in total. The summed E-state index contributed by atoms with van der Waals surface area (Å²) in [6.45, 7) is 1.89. The third-order valence-electron chi connectivity index (χ3n) is 3.32. The van der Waals surface area contributed by atoms with Gasteiger partial charge in [0, 0.05) is 22.5 Å². The molecule has 0 unspecified atom stereocenters. The van der Waals surface area contributed by atoms with Crippen LogP contribution in [-0.2, 0) is 0 Å². The minimum absolute atomic E-state index is 0.0425. The number of aryl methyl sites for hydroxylation is 1. The van der Waals surface area contributed by atoms with E-state index in [1.54, 1.807) is 6.20 Å². The first kappa shape index (κ1) is 13.6. The van der Waals surface area contributed by atoms with Crippen molar-refractivity contribution in [3.05, 3.63) is 46.4 Å². The third-order valence-corrected chi connectivity index (χ3v) is 4.09. The Kier molecular flexibility index (Phi) is 3.16. The van der Waals surface area contributed by atoms with Crippen LogP contribution in [0.1, 0.15) is 15.4 Å². The predicted octanol–water partition coefficient (Wildman–Crippen LogP) is 3.24. The van der Waals surface area contributed by atoms with Gasteiger partial charge in [-0.05, 0) is 13.0 Å². The molecule has 0 atom stereocenters. The number of fused-ring (bicyclic) bond motifs is 1. The molecule has 3 aromatic heterocycles. The van der Waals surface area contributed by atoms with Crippen LogP contribution in [0.5, 0.6) is 0 Å². The molecule has 0 saturated carbocycles. The molecule has 0 spiro atoms. The highest BCUT2D eigenvalue weighted by molar-refractivity contribution is 7.09. The lowest BCUT2D eigenvalue weighted by Gasteiger charge is -1.98. The van der Waals surface area contributed by atoms with Gasteiger partial charge in [-0.1, -0.05) is 23.3 Å². The average molecular weight is 325 g/mol. The largest absolute Gasteiger partial charge is 0.401 e. The molecule has 3 heterocycles. The fraction of sp³-hybridized carbons (Fsp3) is 0.0667. The standard InChI is InChI=1S/C15H11N5O2S/c1-8-17-12(7-23-8)14-19-20-15(22-14)18-13(21)10-6-16-11-5-3-2-4-9(10)11/h2-7,16H,1H3,(H,18,20,21). The number of thiazole rings is 1. The van der Waals surface area contributed by atoms with Gasteiger partial charge >= 0.3 is 6.01 Å². The molecule has 4 aromatic rings. The Labute approximate surface area is 134 Å². The van der Waals surface area contributed by atoms with Gasteiger partial charge in [0.05, 0.1) is 10.6 Å². The average Bonchev–Trinajstić information content (AvgIpc) is 3.25. The van der Waals surface area contributed by atoms with E-state index in [0.29, 0.717) is 11.3 Å². The minimum atomic E-state index is -0.313. The van der Waals surface area contributed by atoms with Crippen LogP contribution in [0.15, 0.2) is 40.3 Å². The van der Waals surface area contributed by atoms with Crippen LogP contribution in [0, 0.1) is 6.92 Å². The smallest absolute Gasteiger partial charge is 0.322 e. The zero-order valence-electron chi connectivity index (χ0n) is 12.0. The Hall–Kier alpha value is -3.00. The van der Waals surface area contributed by atoms with Gasteiger partial charge in [-0.3, -0.25) is 10.1 Å². The lowest BCUT2D eigenvalue weighted by Crippen LogP contribution is -2.11. The molecule has 0 aliphatic carbocycles. The normalized spacial score (nSPS) is 11.0. The van der Waals surface area contributed by atoms with Crippen molar-refractivity contribution in [1.29, 1.82) is 0 Å². The highest BCUT2D eigenvalue weighted by atomic mass is 32.1. The van der Waals surface area contributed by atoms with Gasteiger partial charge < -0.3 is 9.40 Å². The summed E-state index contributed by atoms with van der Waals surface area (Å²) in [5.74, 6) is -0.0318. The van der Waals surface area contributed by atoms with Crippen molar-refractivity contribution in [2.75, 3.05) is 5.32 Å². The second-order valence-corrected chi connectivity index (χ2v) is 5.93. The van der Waals surface area contributed by atoms with Gasteiger partial charge in [-0.15, -0.1) is 16.4 Å². The van der Waals surface area contributed by atoms with Gasteiger partial charge in [-0.2, -0.15) is 0 Å². The Morgan fingerprint density at radius 3 is 3.00 bits per heavy atom. The summed E-state index contributed by atoms with van der Waals surface area (Å²) >= 11 is 1.49. The number of nitrogens with zero attached hydrogens (tertiary/aromatic N) is 3. The molecule has 8 heteroatoms. The number of rotatable bonds is 3. The molecule has 0 aliphatic heterocycles. The molecule has 114 valence electrons. The molecule has 0 saturated heterocycles. The molecule has 23 heavy (non-hydrogen) atoms. The maximum Gasteiger partial charge on any atom is 0.322 e. The number of carbonyl (C=O) groups excluding carboxylic acids is 1. The van der Waals surface area contributed by atoms with Crippen molar-refractivity contribution in [2.24, 2.45) is 0 Å². The van der Waals surface area contributed by atoms with Crippen LogP contribution in [0.3, 0.4) is 0 Å². The van der Waals surface area contributed by atoms with E-state index in [4.69, 9.17) is 4.42 Å². The maximum atomic E-state index is 12.4. The van der Waals surface area contributed by atoms with Crippen LogP contribution in [-0.4, -0.2) is 26.1 Å². The van der Waals surface area contributed by atoms with Gasteiger partial charge in [0.25, 0.3) is 11.8 Å². The van der Waals surface area contributed by atoms with Gasteiger partial charge in [0.15, 0.2) is 0 Å². The number of aromatic amines is 1. The summed E-state index contributed by atoms with van der Waals surface area (Å²) in [4.78, 5) is 19.7. The van der Waals surface area contributed by atoms with Gasteiger partial charge in [-0.25, -0.2) is 4.98 Å². The predicted molar refractivity (Wildman–Crippen MR) is 86.4 cm³/mol. The number of benzene rings is 1. The number of carbonyl (C=O) groups is 1. The number of hydrogen-bond donors (Lipinski definition) is 2. The molecule has 4 rings (SSSR count). The first-order chi connectivity index (χ1) is 11.2. The molecular formula is C15H11N5O2S. The topological polar surface area (TPSA) is 96.7 Å². The minimum Gasteiger partial charge on any atom is -0.401 e. The van der Waals surface area contributed by atoms with Gasteiger partial charge in [0.2, 0.25) is 0 Å². The zero-order valence-corrected chi connectivity index (χ0v) is 12.8. The second-order valence-electron chi connectivity index (χ2n) is 4.87. The number of nitrogens with one attached hydrogen (secondary N) is 2. The van der Waals surface area contributed by atoms with Crippen LogP contribution >= 0.6 is 11.3 Å². The van der Waals surface area contributed by atoms with E-state index in [2.05, 4.69) is 25.5 Å². The maximum absolute atomic E-state index is 12.4. The van der Waals surface area contributed by atoms with E-state index >= 15 is 0 Å². The summed E-state index contributed by atoms with van der Waals surface area (Å²) in [6, 6.07) is 7.60. The fourth-order valence-electron chi connectivity index (χ4n) is 2.26. The van der Waals surface area contributed by atoms with Crippen LogP contribution in [0.2, 0.25) is 0 Å². The van der Waals surface area contributed by atoms with E-state index in [0.717, 1.165) is 15.9 Å². The Balaban J connectivity index is 1.58. The summed E-state index contributed by atoms with van der Waals surface area (Å²) in [5.41, 5.74) is 2.01. The molecule has 0 radical (unpaired) electrons. The molecule has 1 aromatic carbocycles. The van der Waals surface area contributed by atoms with Crippen molar-refractivity contribution in [3.8, 4) is 11.6 Å². The molecule has 0 aliphatic rings. The van der Waals surface area contributed by atoms with E-state index in [9.17, 15) is 4.79 Å². The SMILES string of the molecule is Cc1nc(-c2nnc(NC(=O)c3c[nH]c4ccccc34)o2)cs1. The second kappa shape index (κ2) is 5.33. The van der Waals surface area contributed by atoms with E-state index in [1.165, 1.54) is 11.3 Å². The first-order valence-corrected chi connectivity index (χ1v) is 7.72. The molecule has 1 amide bonds. The van der Waals surface area contributed by atoms with E-state index in [1.807, 2.05) is 36.6 Å². The van der Waals surface area contributed by atoms with Crippen molar-refractivity contribution < 1.29 is 9.21 Å². The van der Waals surface area contributed by atoms with Crippen molar-refractivity contribution in [3.63, 3.8) is 0 Å². The summed E-state index contributed by atoms with van der Waals surface area (Å²) in [7, 11) is 0. The number of para-hydroxylation sites is 1. The quantitative estimate of drug-likeness (QED) is 0.603. The number of amides is 1. The van der Waals surface area contributed by atoms with Crippen molar-refractivity contribution in [1.82, 2.24) is 20.2 Å². The zero-order chi connectivity index (χ0) is 15.8. The van der Waals surface area contributed by atoms with Crippen molar-refractivity contribution >= 4 is 34.2 Å². The van der Waals surface area contributed by atoms with Crippen molar-refractivity contribution in [2.45, 2.75) is 6.92 Å². The molecule has 7 nitrogen and oxygen atoms in total. The Morgan fingerprint density at radius 2 is 2.17 bits per heavy atom. The number of hydrogen-bond acceptors (Lipinski definition) is 6. The monoisotopic (exact) mass is 325 g/mol. The first-order valence-electron chi connectivity index (χ1n) is 6.84. The number of aromatic nitrogens is 4. The molecular weight excluding hydrogens is 314 g/mol. The Morgan fingerprint density at radius 1 is 1.30 bits per heavy atom. The van der Waals surface area contributed by atoms with E-state index < -0.39 is 0 Å². The van der Waals surface area contributed by atoms with Gasteiger partial charge in [0.1, 0.15) is 5.69 Å². The lowest BCUT2D eigenvalue weighted by molar-refractivity contribution is 0.102. The lowest BCUT2D eigenvalue weighted by atomic mass is 10.2. The Bertz CT molecular complexity index is 1000. The third kappa shape index (κ3) is 2.49. The summed E-state index contributed by atoms with van der Waals surface area (Å²) < 4.78 is 5.44. The highest BCUT2D eigenvalue weighted by Crippen LogP contribution is 2.23. The van der Waals surface area contributed by atoms with Crippen LogP contribution < -0.4 is 5.32 Å². The fourth-order valence-corrected chi connectivity index (χ4v) is 2.85. The van der Waals surface area contributed by atoms with Crippen LogP contribution in [0.25, 0.3) is 22.5 Å². The summed E-state index contributed by atoms with van der Waals surface area (Å²) in [6.07, 6.45) is 1.65.